The lowest BCUT2D eigenvalue weighted by Gasteiger charge is -2.43. The van der Waals surface area contributed by atoms with Crippen LogP contribution < -0.4 is 9.80 Å². The number of pyridine rings is 1. The van der Waals surface area contributed by atoms with Gasteiger partial charge >= 0.3 is 0 Å². The Morgan fingerprint density at radius 2 is 0.776 bits per heavy atom. The Bertz CT molecular complexity index is 1320. The van der Waals surface area contributed by atoms with E-state index in [4.69, 9.17) is 0 Å². The summed E-state index contributed by atoms with van der Waals surface area (Å²) in [5, 5.41) is 0. The van der Waals surface area contributed by atoms with Crippen molar-refractivity contribution in [3.8, 4) is 0 Å². The third-order valence-electron chi connectivity index (χ3n) is 12.5. The lowest BCUT2D eigenvalue weighted by Crippen LogP contribution is -2.53. The number of para-hydroxylation sites is 1. The third kappa shape index (κ3) is 18.2. The first-order valence-electron chi connectivity index (χ1n) is 23.4. The van der Waals surface area contributed by atoms with Crippen LogP contribution in [-0.4, -0.2) is 149 Å². The summed E-state index contributed by atoms with van der Waals surface area (Å²) in [4.78, 5) is 21.9. The van der Waals surface area contributed by atoms with Crippen molar-refractivity contribution in [2.75, 3.05) is 101 Å². The van der Waals surface area contributed by atoms with Crippen molar-refractivity contribution in [2.45, 2.75) is 164 Å². The molecule has 0 aliphatic carbocycles. The molecule has 5 aliphatic rings. The molecule has 1 aromatic heterocycles. The summed E-state index contributed by atoms with van der Waals surface area (Å²) < 4.78 is 0. The first-order valence-corrected chi connectivity index (χ1v) is 23.4. The van der Waals surface area contributed by atoms with E-state index in [0.717, 1.165) is 45.1 Å². The Balaban J connectivity index is 0.000000199. The van der Waals surface area contributed by atoms with Crippen LogP contribution in [0.15, 0.2) is 54.7 Å². The second kappa shape index (κ2) is 23.7. The predicted octanol–water partition coefficient (Wildman–Crippen LogP) is 9.86. The number of hydrogen-bond acceptors (Lipinski definition) is 8. The molecular weight excluding hydrogens is 713 g/mol. The summed E-state index contributed by atoms with van der Waals surface area (Å²) in [6, 6.07) is 17.5. The zero-order valence-corrected chi connectivity index (χ0v) is 40.5. The minimum atomic E-state index is 0.308. The van der Waals surface area contributed by atoms with Crippen molar-refractivity contribution in [3.63, 3.8) is 0 Å². The maximum atomic E-state index is 4.38. The van der Waals surface area contributed by atoms with Gasteiger partial charge in [0.2, 0.25) is 0 Å². The number of benzene rings is 1. The van der Waals surface area contributed by atoms with Gasteiger partial charge in [0.15, 0.2) is 0 Å². The van der Waals surface area contributed by atoms with E-state index in [1.54, 1.807) is 0 Å². The van der Waals surface area contributed by atoms with Crippen LogP contribution in [-0.2, 0) is 0 Å². The molecule has 332 valence electrons. The lowest BCUT2D eigenvalue weighted by molar-refractivity contribution is 0.0690. The average molecular weight is 805 g/mol. The van der Waals surface area contributed by atoms with Gasteiger partial charge < -0.3 is 9.80 Å². The van der Waals surface area contributed by atoms with Crippen molar-refractivity contribution in [1.82, 2.24) is 29.5 Å². The summed E-state index contributed by atoms with van der Waals surface area (Å²) >= 11 is 0. The number of piperidine rings is 1. The summed E-state index contributed by atoms with van der Waals surface area (Å²) in [7, 11) is 0. The maximum absolute atomic E-state index is 4.38. The van der Waals surface area contributed by atoms with Crippen LogP contribution >= 0.6 is 0 Å². The van der Waals surface area contributed by atoms with Crippen LogP contribution in [0.5, 0.6) is 0 Å². The molecule has 58 heavy (non-hydrogen) atoms. The molecule has 5 fully saturated rings. The Kier molecular flexibility index (Phi) is 20.5. The Morgan fingerprint density at radius 3 is 1.12 bits per heavy atom. The van der Waals surface area contributed by atoms with Crippen LogP contribution in [0.1, 0.15) is 135 Å². The van der Waals surface area contributed by atoms with E-state index >= 15 is 0 Å². The molecule has 5 saturated heterocycles. The van der Waals surface area contributed by atoms with Gasteiger partial charge in [0.05, 0.1) is 0 Å². The lowest BCUT2D eigenvalue weighted by atomic mass is 10.0. The molecule has 7 rings (SSSR count). The average Bonchev–Trinajstić information content (AvgIpc) is 3.72. The van der Waals surface area contributed by atoms with Crippen molar-refractivity contribution in [1.29, 1.82) is 0 Å². The number of nitrogens with zero attached hydrogens (tertiary/aromatic N) is 8. The summed E-state index contributed by atoms with van der Waals surface area (Å²) in [6.45, 7) is 48.9. The Hall–Kier alpha value is -2.23. The summed E-state index contributed by atoms with van der Waals surface area (Å²) in [6.07, 6.45) is 10.3. The Morgan fingerprint density at radius 1 is 0.397 bits per heavy atom. The van der Waals surface area contributed by atoms with E-state index in [1.165, 1.54) is 96.6 Å². The molecule has 0 amide bonds. The van der Waals surface area contributed by atoms with Crippen LogP contribution in [0.4, 0.5) is 11.5 Å². The highest BCUT2D eigenvalue weighted by Gasteiger charge is 2.27. The number of anilines is 2. The van der Waals surface area contributed by atoms with Crippen LogP contribution in [0, 0.1) is 0 Å². The molecule has 0 saturated carbocycles. The minimum absolute atomic E-state index is 0.308. The van der Waals surface area contributed by atoms with Crippen molar-refractivity contribution < 1.29 is 0 Å². The van der Waals surface area contributed by atoms with Gasteiger partial charge in [-0.3, -0.25) is 24.5 Å². The highest BCUT2D eigenvalue weighted by atomic mass is 15.3. The number of rotatable bonds is 3. The Labute approximate surface area is 359 Å². The molecule has 0 atom stereocenters. The smallest absolute Gasteiger partial charge is 0.128 e. The highest BCUT2D eigenvalue weighted by Crippen LogP contribution is 2.22. The van der Waals surface area contributed by atoms with Gasteiger partial charge in [0, 0.05) is 92.4 Å². The van der Waals surface area contributed by atoms with Crippen molar-refractivity contribution in [3.05, 3.63) is 54.7 Å². The molecular formula is C50H92N8. The van der Waals surface area contributed by atoms with Gasteiger partial charge in [-0.2, -0.15) is 0 Å². The van der Waals surface area contributed by atoms with E-state index in [2.05, 4.69) is 179 Å². The number of likely N-dealkylation sites (tertiary alicyclic amines) is 3. The van der Waals surface area contributed by atoms with Gasteiger partial charge in [-0.1, -0.05) is 30.7 Å². The largest absolute Gasteiger partial charge is 0.369 e. The highest BCUT2D eigenvalue weighted by molar-refractivity contribution is 5.46. The molecule has 0 radical (unpaired) electrons. The van der Waals surface area contributed by atoms with Crippen molar-refractivity contribution in [2.24, 2.45) is 0 Å². The first kappa shape index (κ1) is 50.1. The van der Waals surface area contributed by atoms with E-state index in [9.17, 15) is 0 Å². The second-order valence-electron chi connectivity index (χ2n) is 21.4. The third-order valence-corrected chi connectivity index (χ3v) is 12.5. The molecule has 0 unspecified atom stereocenters. The van der Waals surface area contributed by atoms with Gasteiger partial charge in [0.1, 0.15) is 5.82 Å². The molecule has 8 nitrogen and oxygen atoms in total. The topological polar surface area (TPSA) is 35.6 Å². The molecule has 0 bridgehead atoms. The van der Waals surface area contributed by atoms with E-state index in [0.29, 0.717) is 28.2 Å². The van der Waals surface area contributed by atoms with Crippen molar-refractivity contribution >= 4 is 11.5 Å². The molecule has 2 aromatic rings. The van der Waals surface area contributed by atoms with Crippen LogP contribution in [0.25, 0.3) is 0 Å². The fraction of sp³-hybridized carbons (Fsp3) is 0.780. The molecule has 8 heteroatoms. The van der Waals surface area contributed by atoms with E-state index in [-0.39, 0.29) is 0 Å². The number of piperazine rings is 2. The van der Waals surface area contributed by atoms with Gasteiger partial charge in [0.25, 0.3) is 0 Å². The second-order valence-corrected chi connectivity index (χ2v) is 21.4. The first-order chi connectivity index (χ1) is 27.2. The predicted molar refractivity (Wildman–Crippen MR) is 255 cm³/mol. The molecule has 0 N–H and O–H groups in total. The molecule has 5 aliphatic heterocycles. The van der Waals surface area contributed by atoms with Gasteiger partial charge in [-0.25, -0.2) is 4.98 Å². The monoisotopic (exact) mass is 805 g/mol. The van der Waals surface area contributed by atoms with Gasteiger partial charge in [-0.05, 0) is 193 Å². The molecule has 6 heterocycles. The standard InChI is InChI=1S/C14H22N2.C12H19N3.C9H19N.C8H17N.C7H15N/c1-14(2,3)16-11-9-15(10-12-16)13-7-5-4-6-8-13;1-11(2)14-7-9-15(10-8-14)12-5-3-4-6-13-12;1-9(2,3)10-7-5-4-6-8-10;1-8(2,3)9-6-4-5-7-9;1-7(2,3)8-5-4-6-8/h4-8H,9-12H2,1-3H3;3-6,11H,7-10H2,1-2H3;4-8H2,1-3H3;4-7H2,1-3H3;4-6H2,1-3H3. The fourth-order valence-corrected chi connectivity index (χ4v) is 8.22. The molecule has 0 spiro atoms. The van der Waals surface area contributed by atoms with Gasteiger partial charge in [-0.15, -0.1) is 0 Å². The molecule has 1 aromatic carbocycles. The zero-order chi connectivity index (χ0) is 43.0. The normalized spacial score (nSPS) is 20.7. The number of aromatic nitrogens is 1. The van der Waals surface area contributed by atoms with E-state index < -0.39 is 0 Å². The summed E-state index contributed by atoms with van der Waals surface area (Å²) in [5.74, 6) is 1.11. The quantitative estimate of drug-likeness (QED) is 0.304. The maximum Gasteiger partial charge on any atom is 0.128 e. The SMILES string of the molecule is CC(C)(C)N1CCC1.CC(C)(C)N1CCCC1.CC(C)(C)N1CCCCC1.CC(C)(C)N1CCN(c2ccccc2)CC1.CC(C)N1CCN(c2ccccn2)CC1. The minimum Gasteiger partial charge on any atom is -0.369 e. The number of hydrogen-bond donors (Lipinski definition) is 0. The zero-order valence-electron chi connectivity index (χ0n) is 40.5. The summed E-state index contributed by atoms with van der Waals surface area (Å²) in [5.41, 5.74) is 2.91. The van der Waals surface area contributed by atoms with Crippen LogP contribution in [0.2, 0.25) is 0 Å². The fourth-order valence-electron chi connectivity index (χ4n) is 8.22. The van der Waals surface area contributed by atoms with E-state index in [1.807, 2.05) is 12.3 Å². The van der Waals surface area contributed by atoms with Crippen LogP contribution in [0.3, 0.4) is 0 Å².